The monoisotopic (exact) mass is 261 g/mol. The van der Waals surface area contributed by atoms with Crippen molar-refractivity contribution < 1.29 is 31.2 Å². The van der Waals surface area contributed by atoms with Crippen LogP contribution < -0.4 is 10.2 Å². The molecule has 0 saturated carbocycles. The quantitative estimate of drug-likeness (QED) is 0.562. The molecule has 0 spiro atoms. The maximum Gasteiger partial charge on any atom is 0.416 e. The first-order valence-electron chi connectivity index (χ1n) is 3.82. The number of rotatable bonds is 1. The molecule has 1 aromatic carbocycles. The Morgan fingerprint density at radius 2 is 1.19 bits per heavy atom. The van der Waals surface area contributed by atoms with Gasteiger partial charge in [-0.1, -0.05) is 0 Å². The molecular weight excluding hydrogens is 257 g/mol. The van der Waals surface area contributed by atoms with E-state index in [2.05, 4.69) is 0 Å². The highest BCUT2D eigenvalue weighted by atomic mass is 31.1. The van der Waals surface area contributed by atoms with Crippen molar-refractivity contribution in [2.24, 2.45) is 0 Å². The normalized spacial score (nSPS) is 13.7. The second-order valence-corrected chi connectivity index (χ2v) is 3.68. The molecule has 90 valence electrons. The third kappa shape index (κ3) is 3.09. The summed E-state index contributed by atoms with van der Waals surface area (Å²) in [5.74, 6) is 0. The molecule has 0 aliphatic rings. The molecule has 0 amide bonds. The standard InChI is InChI=1S/C8H4F6OP/c9-7(10,11)4-1-5(8(12,13)14)3-6(2-4)16-15/h1-3,16H/q-1. The van der Waals surface area contributed by atoms with Gasteiger partial charge in [0.1, 0.15) is 0 Å². The average molecular weight is 261 g/mol. The van der Waals surface area contributed by atoms with Crippen LogP contribution >= 0.6 is 8.81 Å². The summed E-state index contributed by atoms with van der Waals surface area (Å²) in [5.41, 5.74) is -2.92. The zero-order valence-electron chi connectivity index (χ0n) is 7.41. The molecule has 16 heavy (non-hydrogen) atoms. The smallest absolute Gasteiger partial charge is 0.416 e. The van der Waals surface area contributed by atoms with Crippen molar-refractivity contribution in [3.05, 3.63) is 29.3 Å². The lowest BCUT2D eigenvalue weighted by atomic mass is 10.1. The first-order chi connectivity index (χ1) is 7.14. The Balaban J connectivity index is 3.33. The van der Waals surface area contributed by atoms with Gasteiger partial charge in [0.25, 0.3) is 0 Å². The summed E-state index contributed by atoms with van der Waals surface area (Å²) in [5, 5.41) is -0.512. The molecule has 1 rings (SSSR count). The second-order valence-electron chi connectivity index (χ2n) is 2.90. The van der Waals surface area contributed by atoms with Gasteiger partial charge in [0.05, 0.1) is 11.1 Å². The van der Waals surface area contributed by atoms with Crippen LogP contribution in [0.1, 0.15) is 11.1 Å². The van der Waals surface area contributed by atoms with E-state index in [1.165, 1.54) is 0 Å². The van der Waals surface area contributed by atoms with Gasteiger partial charge in [0.2, 0.25) is 0 Å². The van der Waals surface area contributed by atoms with E-state index in [0.717, 1.165) is 0 Å². The van der Waals surface area contributed by atoms with Crippen molar-refractivity contribution >= 4 is 14.1 Å². The van der Waals surface area contributed by atoms with Crippen LogP contribution in [0.2, 0.25) is 0 Å². The van der Waals surface area contributed by atoms with Crippen molar-refractivity contribution in [2.75, 3.05) is 0 Å². The predicted molar refractivity (Wildman–Crippen MR) is 44.4 cm³/mol. The second kappa shape index (κ2) is 4.22. The maximum atomic E-state index is 12.2. The van der Waals surface area contributed by atoms with E-state index in [0.29, 0.717) is 12.1 Å². The summed E-state index contributed by atoms with van der Waals surface area (Å²) < 4.78 is 73.2. The summed E-state index contributed by atoms with van der Waals surface area (Å²) in [6, 6.07) is 0.852. The number of hydrogen-bond donors (Lipinski definition) is 0. The van der Waals surface area contributed by atoms with Gasteiger partial charge in [0.15, 0.2) is 0 Å². The Hall–Kier alpha value is -0.810. The minimum atomic E-state index is -4.89. The lowest BCUT2D eigenvalue weighted by Crippen LogP contribution is -2.15. The molecule has 1 atom stereocenters. The van der Waals surface area contributed by atoms with Crippen molar-refractivity contribution in [1.29, 1.82) is 0 Å². The summed E-state index contributed by atoms with van der Waals surface area (Å²) in [6.07, 6.45) is -9.79. The first kappa shape index (κ1) is 13.3. The van der Waals surface area contributed by atoms with Gasteiger partial charge >= 0.3 is 12.4 Å². The Morgan fingerprint density at radius 1 is 0.812 bits per heavy atom. The van der Waals surface area contributed by atoms with E-state index in [1.807, 2.05) is 0 Å². The molecule has 1 unspecified atom stereocenters. The number of alkyl halides is 6. The SMILES string of the molecule is [O-]Pc1cc(C(F)(F)F)cc(C(F)(F)F)c1. The number of hydrogen-bond acceptors (Lipinski definition) is 1. The summed E-state index contributed by atoms with van der Waals surface area (Å²) in [6.45, 7) is 0. The first-order valence-corrected chi connectivity index (χ1v) is 4.73. The number of halogens is 6. The predicted octanol–water partition coefficient (Wildman–Crippen LogP) is 2.30. The fraction of sp³-hybridized carbons (Fsp3) is 0.250. The molecular formula is C8H4F6OP-. The summed E-state index contributed by atoms with van der Waals surface area (Å²) >= 11 is 0. The topological polar surface area (TPSA) is 23.1 Å². The Morgan fingerprint density at radius 3 is 1.44 bits per heavy atom. The Labute approximate surface area is 88.0 Å². The fourth-order valence-corrected chi connectivity index (χ4v) is 1.44. The maximum absolute atomic E-state index is 12.2. The third-order valence-corrected chi connectivity index (χ3v) is 2.23. The van der Waals surface area contributed by atoms with Crippen LogP contribution in [0.3, 0.4) is 0 Å². The van der Waals surface area contributed by atoms with Crippen LogP contribution in [-0.4, -0.2) is 0 Å². The van der Waals surface area contributed by atoms with E-state index in [4.69, 9.17) is 0 Å². The highest BCUT2D eigenvalue weighted by molar-refractivity contribution is 7.39. The van der Waals surface area contributed by atoms with Crippen molar-refractivity contribution in [1.82, 2.24) is 0 Å². The Bertz CT molecular complexity index is 351. The van der Waals surface area contributed by atoms with Gasteiger partial charge < -0.3 is 4.89 Å². The Kier molecular flexibility index (Phi) is 3.50. The van der Waals surface area contributed by atoms with Crippen molar-refractivity contribution in [2.45, 2.75) is 12.4 Å². The highest BCUT2D eigenvalue weighted by Crippen LogP contribution is 2.35. The molecule has 0 heterocycles. The van der Waals surface area contributed by atoms with Crippen LogP contribution in [-0.2, 0) is 12.4 Å². The zero-order valence-corrected chi connectivity index (χ0v) is 8.41. The summed E-state index contributed by atoms with van der Waals surface area (Å²) in [7, 11) is -1.37. The zero-order chi connectivity index (χ0) is 12.6. The van der Waals surface area contributed by atoms with E-state index in [-0.39, 0.29) is 6.07 Å². The lowest BCUT2D eigenvalue weighted by Gasteiger charge is -2.15. The fourth-order valence-electron chi connectivity index (χ4n) is 1.01. The largest absolute Gasteiger partial charge is 0.828 e. The van der Waals surface area contributed by atoms with Crippen LogP contribution in [0.5, 0.6) is 0 Å². The molecule has 8 heteroatoms. The molecule has 0 N–H and O–H groups in total. The minimum absolute atomic E-state index is 0.0103. The van der Waals surface area contributed by atoms with Gasteiger partial charge in [-0.25, -0.2) is 0 Å². The lowest BCUT2D eigenvalue weighted by molar-refractivity contribution is -0.147. The molecule has 0 aromatic heterocycles. The van der Waals surface area contributed by atoms with Gasteiger partial charge in [-0.3, -0.25) is 0 Å². The van der Waals surface area contributed by atoms with Crippen LogP contribution in [0.25, 0.3) is 0 Å². The van der Waals surface area contributed by atoms with E-state index in [9.17, 15) is 31.2 Å². The number of benzene rings is 1. The van der Waals surface area contributed by atoms with Crippen LogP contribution in [0.15, 0.2) is 18.2 Å². The average Bonchev–Trinajstić information content (AvgIpc) is 2.14. The van der Waals surface area contributed by atoms with Gasteiger partial charge in [-0.15, -0.1) is 0 Å². The van der Waals surface area contributed by atoms with Crippen molar-refractivity contribution in [3.8, 4) is 0 Å². The van der Waals surface area contributed by atoms with E-state index >= 15 is 0 Å². The van der Waals surface area contributed by atoms with Crippen LogP contribution in [0.4, 0.5) is 26.3 Å². The van der Waals surface area contributed by atoms with E-state index in [1.54, 1.807) is 0 Å². The highest BCUT2D eigenvalue weighted by Gasteiger charge is 2.36. The molecule has 0 aliphatic carbocycles. The third-order valence-electron chi connectivity index (χ3n) is 1.71. The molecule has 1 nitrogen and oxygen atoms in total. The van der Waals surface area contributed by atoms with Crippen LogP contribution in [0, 0.1) is 0 Å². The van der Waals surface area contributed by atoms with Crippen molar-refractivity contribution in [3.63, 3.8) is 0 Å². The molecule has 0 aliphatic heterocycles. The minimum Gasteiger partial charge on any atom is -0.828 e. The summed E-state index contributed by atoms with van der Waals surface area (Å²) in [4.78, 5) is 10.4. The van der Waals surface area contributed by atoms with Gasteiger partial charge in [0, 0.05) is 0 Å². The van der Waals surface area contributed by atoms with Gasteiger partial charge in [-0.2, -0.15) is 35.2 Å². The molecule has 0 fully saturated rings. The molecule has 1 aromatic rings. The van der Waals surface area contributed by atoms with E-state index < -0.39 is 37.6 Å². The molecule has 0 radical (unpaired) electrons. The molecule has 0 bridgehead atoms. The van der Waals surface area contributed by atoms with Gasteiger partial charge in [-0.05, 0) is 23.5 Å². The molecule has 0 saturated heterocycles.